The van der Waals surface area contributed by atoms with Gasteiger partial charge in [0, 0.05) is 26.4 Å². The van der Waals surface area contributed by atoms with Crippen LogP contribution in [0.15, 0.2) is 0 Å². The molecule has 0 spiro atoms. The third-order valence-electron chi connectivity index (χ3n) is 2.41. The van der Waals surface area contributed by atoms with Crippen LogP contribution in [0.3, 0.4) is 0 Å². The van der Waals surface area contributed by atoms with E-state index in [-0.39, 0.29) is 6.10 Å². The van der Waals surface area contributed by atoms with E-state index in [0.717, 1.165) is 19.6 Å². The first-order valence-corrected chi connectivity index (χ1v) is 5.58. The zero-order valence-corrected chi connectivity index (χ0v) is 10.4. The predicted octanol–water partition coefficient (Wildman–Crippen LogP) is 1.05. The number of rotatable bonds is 10. The number of likely N-dealkylation sites (N-methyl/N-ethyl adjacent to an activating group) is 1. The molecule has 0 bridgehead atoms. The van der Waals surface area contributed by atoms with E-state index in [4.69, 9.17) is 14.2 Å². The summed E-state index contributed by atoms with van der Waals surface area (Å²) in [6, 6.07) is 0.374. The highest BCUT2D eigenvalue weighted by molar-refractivity contribution is 4.65. The SMILES string of the molecule is CNC(C)C(C)OCCOCCCOC. The molecule has 0 aromatic carbocycles. The van der Waals surface area contributed by atoms with Crippen molar-refractivity contribution in [3.8, 4) is 0 Å². The maximum absolute atomic E-state index is 5.58. The van der Waals surface area contributed by atoms with E-state index in [1.807, 2.05) is 7.05 Å². The average molecular weight is 219 g/mol. The van der Waals surface area contributed by atoms with Gasteiger partial charge < -0.3 is 19.5 Å². The Hall–Kier alpha value is -0.160. The fraction of sp³-hybridized carbons (Fsp3) is 1.00. The fourth-order valence-electron chi connectivity index (χ4n) is 1.08. The van der Waals surface area contributed by atoms with E-state index in [9.17, 15) is 0 Å². The minimum Gasteiger partial charge on any atom is -0.385 e. The van der Waals surface area contributed by atoms with Gasteiger partial charge in [-0.05, 0) is 27.3 Å². The summed E-state index contributed by atoms with van der Waals surface area (Å²) in [7, 11) is 3.63. The van der Waals surface area contributed by atoms with Gasteiger partial charge in [0.15, 0.2) is 0 Å². The van der Waals surface area contributed by atoms with Crippen molar-refractivity contribution in [3.63, 3.8) is 0 Å². The molecule has 0 aliphatic heterocycles. The zero-order valence-electron chi connectivity index (χ0n) is 10.4. The van der Waals surface area contributed by atoms with E-state index in [0.29, 0.717) is 19.3 Å². The van der Waals surface area contributed by atoms with Gasteiger partial charge in [-0.2, -0.15) is 0 Å². The molecule has 0 aromatic rings. The summed E-state index contributed by atoms with van der Waals surface area (Å²) in [6.45, 7) is 6.97. The van der Waals surface area contributed by atoms with Gasteiger partial charge in [0.05, 0.1) is 19.3 Å². The zero-order chi connectivity index (χ0) is 11.5. The Morgan fingerprint density at radius 1 is 1.07 bits per heavy atom. The van der Waals surface area contributed by atoms with Gasteiger partial charge in [0.1, 0.15) is 0 Å². The Morgan fingerprint density at radius 3 is 2.40 bits per heavy atom. The largest absolute Gasteiger partial charge is 0.385 e. The van der Waals surface area contributed by atoms with Gasteiger partial charge in [0.2, 0.25) is 0 Å². The molecular formula is C11H25NO3. The normalized spacial score (nSPS) is 15.2. The molecule has 2 atom stereocenters. The van der Waals surface area contributed by atoms with Gasteiger partial charge in [-0.3, -0.25) is 0 Å². The number of hydrogen-bond acceptors (Lipinski definition) is 4. The van der Waals surface area contributed by atoms with Crippen molar-refractivity contribution in [2.24, 2.45) is 0 Å². The van der Waals surface area contributed by atoms with Gasteiger partial charge >= 0.3 is 0 Å². The van der Waals surface area contributed by atoms with Crippen molar-refractivity contribution in [3.05, 3.63) is 0 Å². The van der Waals surface area contributed by atoms with Crippen molar-refractivity contribution in [2.45, 2.75) is 32.4 Å². The lowest BCUT2D eigenvalue weighted by molar-refractivity contribution is -0.00248. The Morgan fingerprint density at radius 2 is 1.80 bits per heavy atom. The van der Waals surface area contributed by atoms with Gasteiger partial charge in [-0.1, -0.05) is 0 Å². The van der Waals surface area contributed by atoms with Crippen LogP contribution in [-0.2, 0) is 14.2 Å². The second-order valence-corrected chi connectivity index (χ2v) is 3.61. The molecule has 0 heterocycles. The van der Waals surface area contributed by atoms with Crippen LogP contribution in [0.4, 0.5) is 0 Å². The Labute approximate surface area is 93.3 Å². The Balaban J connectivity index is 3.16. The summed E-state index contributed by atoms with van der Waals surface area (Å²) in [6.07, 6.45) is 1.16. The third kappa shape index (κ3) is 8.81. The molecule has 1 N–H and O–H groups in total. The number of methoxy groups -OCH3 is 1. The number of nitrogens with one attached hydrogen (secondary N) is 1. The Bertz CT molecular complexity index is 133. The molecule has 0 aliphatic rings. The van der Waals surface area contributed by atoms with Gasteiger partial charge in [0.25, 0.3) is 0 Å². The summed E-state index contributed by atoms with van der Waals surface area (Å²) in [4.78, 5) is 0. The molecule has 0 saturated heterocycles. The summed E-state index contributed by atoms with van der Waals surface area (Å²) >= 11 is 0. The highest BCUT2D eigenvalue weighted by Crippen LogP contribution is 1.97. The lowest BCUT2D eigenvalue weighted by Crippen LogP contribution is -2.35. The molecule has 4 heteroatoms. The molecule has 0 rings (SSSR count). The van der Waals surface area contributed by atoms with Crippen LogP contribution in [-0.4, -0.2) is 52.7 Å². The molecule has 4 nitrogen and oxygen atoms in total. The van der Waals surface area contributed by atoms with Crippen molar-refractivity contribution in [2.75, 3.05) is 40.6 Å². The van der Waals surface area contributed by atoms with Crippen molar-refractivity contribution < 1.29 is 14.2 Å². The van der Waals surface area contributed by atoms with Gasteiger partial charge in [-0.25, -0.2) is 0 Å². The minimum absolute atomic E-state index is 0.220. The van der Waals surface area contributed by atoms with Crippen LogP contribution in [0, 0.1) is 0 Å². The van der Waals surface area contributed by atoms with E-state index in [1.54, 1.807) is 7.11 Å². The molecule has 2 unspecified atom stereocenters. The molecule has 0 radical (unpaired) electrons. The van der Waals surface area contributed by atoms with E-state index in [1.165, 1.54) is 0 Å². The van der Waals surface area contributed by atoms with Gasteiger partial charge in [-0.15, -0.1) is 0 Å². The second kappa shape index (κ2) is 10.4. The first kappa shape index (κ1) is 14.8. The molecule has 92 valence electrons. The summed E-state index contributed by atoms with van der Waals surface area (Å²) in [5, 5.41) is 3.15. The minimum atomic E-state index is 0.220. The number of ether oxygens (including phenoxy) is 3. The van der Waals surface area contributed by atoms with Crippen LogP contribution in [0.25, 0.3) is 0 Å². The number of hydrogen-bond donors (Lipinski definition) is 1. The molecule has 0 amide bonds. The summed E-state index contributed by atoms with van der Waals surface area (Å²) in [5.41, 5.74) is 0. The monoisotopic (exact) mass is 219 g/mol. The summed E-state index contributed by atoms with van der Waals surface area (Å²) in [5.74, 6) is 0. The van der Waals surface area contributed by atoms with Crippen LogP contribution >= 0.6 is 0 Å². The van der Waals surface area contributed by atoms with Crippen molar-refractivity contribution >= 4 is 0 Å². The quantitative estimate of drug-likeness (QED) is 0.558. The first-order valence-electron chi connectivity index (χ1n) is 5.58. The van der Waals surface area contributed by atoms with Crippen molar-refractivity contribution in [1.82, 2.24) is 5.32 Å². The second-order valence-electron chi connectivity index (χ2n) is 3.61. The van der Waals surface area contributed by atoms with Crippen LogP contribution in [0.1, 0.15) is 20.3 Å². The summed E-state index contributed by atoms with van der Waals surface area (Å²) < 4.78 is 15.9. The van der Waals surface area contributed by atoms with Crippen LogP contribution in [0.5, 0.6) is 0 Å². The topological polar surface area (TPSA) is 39.7 Å². The maximum atomic E-state index is 5.58. The molecular weight excluding hydrogens is 194 g/mol. The third-order valence-corrected chi connectivity index (χ3v) is 2.41. The molecule has 15 heavy (non-hydrogen) atoms. The predicted molar refractivity (Wildman–Crippen MR) is 61.2 cm³/mol. The van der Waals surface area contributed by atoms with Crippen molar-refractivity contribution in [1.29, 1.82) is 0 Å². The highest BCUT2D eigenvalue weighted by Gasteiger charge is 2.09. The standard InChI is InChI=1S/C11H25NO3/c1-10(12-3)11(2)15-9-8-14-7-5-6-13-4/h10-12H,5-9H2,1-4H3. The molecule has 0 aliphatic carbocycles. The van der Waals surface area contributed by atoms with E-state index in [2.05, 4.69) is 19.2 Å². The Kier molecular flexibility index (Phi) is 10.3. The first-order chi connectivity index (χ1) is 7.22. The van der Waals surface area contributed by atoms with E-state index < -0.39 is 0 Å². The fourth-order valence-corrected chi connectivity index (χ4v) is 1.08. The highest BCUT2D eigenvalue weighted by atomic mass is 16.5. The average Bonchev–Trinajstić information content (AvgIpc) is 2.26. The van der Waals surface area contributed by atoms with Crippen LogP contribution < -0.4 is 5.32 Å². The van der Waals surface area contributed by atoms with E-state index >= 15 is 0 Å². The molecule has 0 fully saturated rings. The maximum Gasteiger partial charge on any atom is 0.0704 e. The lowest BCUT2D eigenvalue weighted by Gasteiger charge is -2.19. The molecule has 0 saturated carbocycles. The lowest BCUT2D eigenvalue weighted by atomic mass is 10.2. The smallest absolute Gasteiger partial charge is 0.0704 e. The molecule has 0 aromatic heterocycles. The van der Waals surface area contributed by atoms with Crippen LogP contribution in [0.2, 0.25) is 0 Å².